The second kappa shape index (κ2) is 5.43. The molecule has 20 heavy (non-hydrogen) atoms. The summed E-state index contributed by atoms with van der Waals surface area (Å²) in [6, 6.07) is 7.54. The van der Waals surface area contributed by atoms with Crippen LogP contribution in [-0.4, -0.2) is 21.4 Å². The van der Waals surface area contributed by atoms with E-state index in [0.717, 1.165) is 0 Å². The van der Waals surface area contributed by atoms with E-state index in [0.29, 0.717) is 5.69 Å². The van der Waals surface area contributed by atoms with Gasteiger partial charge in [-0.05, 0) is 43.4 Å². The number of amides is 1. The average Bonchev–Trinajstić information content (AvgIpc) is 2.92. The number of benzene rings is 1. The molecule has 1 aromatic carbocycles. The molecule has 2 aromatic rings. The maximum atomic E-state index is 12.7. The summed E-state index contributed by atoms with van der Waals surface area (Å²) in [6.07, 6.45) is 0. The van der Waals surface area contributed by atoms with Gasteiger partial charge < -0.3 is 9.73 Å². The highest BCUT2D eigenvalue weighted by molar-refractivity contribution is 7.89. The second-order valence-electron chi connectivity index (χ2n) is 3.79. The molecule has 0 spiro atoms. The monoisotopic (exact) mass is 298 g/mol. The van der Waals surface area contributed by atoms with Crippen LogP contribution < -0.4 is 10.0 Å². The Morgan fingerprint density at radius 2 is 1.80 bits per heavy atom. The third kappa shape index (κ3) is 3.03. The van der Waals surface area contributed by atoms with E-state index in [1.807, 2.05) is 0 Å². The highest BCUT2D eigenvalue weighted by Crippen LogP contribution is 2.15. The molecule has 0 radical (unpaired) electrons. The summed E-state index contributed by atoms with van der Waals surface area (Å²) in [4.78, 5) is 11.8. The van der Waals surface area contributed by atoms with E-state index in [1.165, 1.54) is 43.4 Å². The molecule has 2 rings (SSSR count). The minimum absolute atomic E-state index is 0.164. The van der Waals surface area contributed by atoms with Gasteiger partial charge in [-0.25, -0.2) is 17.5 Å². The van der Waals surface area contributed by atoms with Crippen LogP contribution >= 0.6 is 0 Å². The quantitative estimate of drug-likeness (QED) is 0.897. The molecule has 106 valence electrons. The molecule has 8 heteroatoms. The first kappa shape index (κ1) is 14.2. The molecule has 0 aliphatic rings. The van der Waals surface area contributed by atoms with E-state index in [1.54, 1.807) is 0 Å². The minimum Gasteiger partial charge on any atom is -0.438 e. The lowest BCUT2D eigenvalue weighted by molar-refractivity contribution is 0.0991. The number of carbonyl (C=O) groups is 1. The fourth-order valence-corrected chi connectivity index (χ4v) is 2.06. The third-order valence-corrected chi connectivity index (χ3v) is 3.73. The highest BCUT2D eigenvalue weighted by Gasteiger charge is 2.19. The molecule has 6 nitrogen and oxygen atoms in total. The summed E-state index contributed by atoms with van der Waals surface area (Å²) < 4.78 is 42.7. The number of hydrogen-bond acceptors (Lipinski definition) is 4. The van der Waals surface area contributed by atoms with Crippen molar-refractivity contribution < 1.29 is 22.0 Å². The van der Waals surface area contributed by atoms with Crippen molar-refractivity contribution >= 4 is 21.6 Å². The maximum absolute atomic E-state index is 12.7. The Balaban J connectivity index is 2.16. The number of furan rings is 1. The molecule has 1 amide bonds. The van der Waals surface area contributed by atoms with E-state index >= 15 is 0 Å². The van der Waals surface area contributed by atoms with Gasteiger partial charge in [0.15, 0.2) is 5.76 Å². The zero-order valence-corrected chi connectivity index (χ0v) is 11.2. The van der Waals surface area contributed by atoms with Crippen molar-refractivity contribution in [3.63, 3.8) is 0 Å². The lowest BCUT2D eigenvalue weighted by atomic mass is 10.3. The predicted molar refractivity (Wildman–Crippen MR) is 69.3 cm³/mol. The fourth-order valence-electron chi connectivity index (χ4n) is 1.41. The van der Waals surface area contributed by atoms with E-state index in [2.05, 4.69) is 10.0 Å². The van der Waals surface area contributed by atoms with E-state index < -0.39 is 21.7 Å². The molecule has 0 fully saturated rings. The largest absolute Gasteiger partial charge is 0.438 e. The molecule has 0 saturated heterocycles. The van der Waals surface area contributed by atoms with Gasteiger partial charge in [0, 0.05) is 5.69 Å². The van der Waals surface area contributed by atoms with Gasteiger partial charge in [0.2, 0.25) is 5.09 Å². The summed E-state index contributed by atoms with van der Waals surface area (Å²) in [7, 11) is -2.50. The molecule has 1 aromatic heterocycles. The lowest BCUT2D eigenvalue weighted by Gasteiger charge is -2.02. The van der Waals surface area contributed by atoms with Crippen molar-refractivity contribution in [1.29, 1.82) is 0 Å². The molecule has 2 N–H and O–H groups in total. The fraction of sp³-hybridized carbons (Fsp3) is 0.0833. The number of sulfonamides is 1. The van der Waals surface area contributed by atoms with Crippen LogP contribution in [0.25, 0.3) is 0 Å². The maximum Gasteiger partial charge on any atom is 0.291 e. The minimum atomic E-state index is -3.74. The Hall–Kier alpha value is -2.19. The predicted octanol–water partition coefficient (Wildman–Crippen LogP) is 1.58. The number of rotatable bonds is 4. The number of hydrogen-bond donors (Lipinski definition) is 2. The molecule has 1 heterocycles. The molecule has 0 aliphatic carbocycles. The van der Waals surface area contributed by atoms with Crippen LogP contribution in [-0.2, 0) is 10.0 Å². The van der Waals surface area contributed by atoms with Gasteiger partial charge in [-0.15, -0.1) is 0 Å². The van der Waals surface area contributed by atoms with Crippen molar-refractivity contribution in [2.75, 3.05) is 12.4 Å². The zero-order chi connectivity index (χ0) is 14.8. The van der Waals surface area contributed by atoms with Crippen molar-refractivity contribution in [3.05, 3.63) is 48.0 Å². The van der Waals surface area contributed by atoms with Gasteiger partial charge in [-0.2, -0.15) is 0 Å². The Bertz CT molecular complexity index is 722. The number of halogens is 1. The number of nitrogens with one attached hydrogen (secondary N) is 2. The SMILES string of the molecule is CNS(=O)(=O)c1ccc(C(=O)Nc2ccc(F)cc2)o1. The zero-order valence-electron chi connectivity index (χ0n) is 10.4. The smallest absolute Gasteiger partial charge is 0.291 e. The van der Waals surface area contributed by atoms with E-state index in [9.17, 15) is 17.6 Å². The second-order valence-corrected chi connectivity index (χ2v) is 5.60. The van der Waals surface area contributed by atoms with Gasteiger partial charge in [0.1, 0.15) is 5.82 Å². The van der Waals surface area contributed by atoms with Gasteiger partial charge in [0.25, 0.3) is 15.9 Å². The summed E-state index contributed by atoms with van der Waals surface area (Å²) in [5, 5.41) is 2.10. The van der Waals surface area contributed by atoms with E-state index in [-0.39, 0.29) is 10.9 Å². The molecular weight excluding hydrogens is 287 g/mol. The third-order valence-electron chi connectivity index (χ3n) is 2.44. The van der Waals surface area contributed by atoms with Crippen molar-refractivity contribution in [3.8, 4) is 0 Å². The van der Waals surface area contributed by atoms with Crippen LogP contribution in [0.1, 0.15) is 10.6 Å². The highest BCUT2D eigenvalue weighted by atomic mass is 32.2. The van der Waals surface area contributed by atoms with Crippen LogP contribution in [0.5, 0.6) is 0 Å². The molecular formula is C12H11FN2O4S. The lowest BCUT2D eigenvalue weighted by Crippen LogP contribution is -2.18. The number of carbonyl (C=O) groups excluding carboxylic acids is 1. The summed E-state index contributed by atoms with van der Waals surface area (Å²) in [5.74, 6) is -1.22. The summed E-state index contributed by atoms with van der Waals surface area (Å²) in [6.45, 7) is 0. The van der Waals surface area contributed by atoms with Crippen LogP contribution in [0.3, 0.4) is 0 Å². The number of anilines is 1. The van der Waals surface area contributed by atoms with Crippen LogP contribution in [0.4, 0.5) is 10.1 Å². The van der Waals surface area contributed by atoms with Gasteiger partial charge in [-0.3, -0.25) is 4.79 Å². The van der Waals surface area contributed by atoms with Crippen LogP contribution in [0.2, 0.25) is 0 Å². The molecule has 0 bridgehead atoms. The Labute approximate surface area is 114 Å². The van der Waals surface area contributed by atoms with Gasteiger partial charge >= 0.3 is 0 Å². The van der Waals surface area contributed by atoms with Crippen molar-refractivity contribution in [2.24, 2.45) is 0 Å². The Morgan fingerprint density at radius 3 is 2.40 bits per heavy atom. The molecule has 0 atom stereocenters. The average molecular weight is 298 g/mol. The Morgan fingerprint density at radius 1 is 1.15 bits per heavy atom. The first-order valence-corrected chi connectivity index (χ1v) is 7.01. The van der Waals surface area contributed by atoms with E-state index in [4.69, 9.17) is 4.42 Å². The van der Waals surface area contributed by atoms with Crippen LogP contribution in [0.15, 0.2) is 45.9 Å². The normalized spacial score (nSPS) is 11.3. The summed E-state index contributed by atoms with van der Waals surface area (Å²) in [5.41, 5.74) is 0.367. The standard InChI is InChI=1S/C12H11FN2O4S/c1-14-20(17,18)11-7-6-10(19-11)12(16)15-9-4-2-8(13)3-5-9/h2-7,14H,1H3,(H,15,16). The first-order chi connectivity index (χ1) is 9.42. The molecule has 0 unspecified atom stereocenters. The van der Waals surface area contributed by atoms with Crippen molar-refractivity contribution in [2.45, 2.75) is 5.09 Å². The topological polar surface area (TPSA) is 88.4 Å². The molecule has 0 aliphatic heterocycles. The van der Waals surface area contributed by atoms with Crippen molar-refractivity contribution in [1.82, 2.24) is 4.72 Å². The molecule has 0 saturated carbocycles. The summed E-state index contributed by atoms with van der Waals surface area (Å²) >= 11 is 0. The first-order valence-electron chi connectivity index (χ1n) is 5.52. The van der Waals surface area contributed by atoms with Gasteiger partial charge in [-0.1, -0.05) is 0 Å². The van der Waals surface area contributed by atoms with Crippen LogP contribution in [0, 0.1) is 5.82 Å². The van der Waals surface area contributed by atoms with Gasteiger partial charge in [0.05, 0.1) is 0 Å². The Kier molecular flexibility index (Phi) is 3.86.